The predicted molar refractivity (Wildman–Crippen MR) is 47.2 cm³/mol. The van der Waals surface area contributed by atoms with E-state index in [-0.39, 0.29) is 18.2 Å². The first-order valence-corrected chi connectivity index (χ1v) is 4.58. The molecule has 0 spiro atoms. The molecule has 0 saturated carbocycles. The molecule has 0 aliphatic carbocycles. The van der Waals surface area contributed by atoms with Gasteiger partial charge in [0, 0.05) is 19.5 Å². The van der Waals surface area contributed by atoms with Crippen LogP contribution in [0.5, 0.6) is 0 Å². The van der Waals surface area contributed by atoms with Gasteiger partial charge in [-0.25, -0.2) is 0 Å². The quantitative estimate of drug-likeness (QED) is 0.689. The standard InChI is InChI=1S/C9H15NO3/c1-10-5-3-2-4-7(9(10)13)6-8(11)12/h7H,2-6H2,1H3,(H,11,12). The lowest BCUT2D eigenvalue weighted by atomic mass is 9.99. The van der Waals surface area contributed by atoms with E-state index in [4.69, 9.17) is 5.11 Å². The second-order valence-corrected chi connectivity index (χ2v) is 3.55. The van der Waals surface area contributed by atoms with E-state index in [2.05, 4.69) is 0 Å². The number of amides is 1. The third-order valence-electron chi connectivity index (χ3n) is 2.44. The van der Waals surface area contributed by atoms with Crippen molar-refractivity contribution in [1.29, 1.82) is 0 Å². The number of carbonyl (C=O) groups excluding carboxylic acids is 1. The van der Waals surface area contributed by atoms with Gasteiger partial charge in [0.2, 0.25) is 5.91 Å². The molecule has 74 valence electrons. The van der Waals surface area contributed by atoms with Crippen molar-refractivity contribution in [3.8, 4) is 0 Å². The molecule has 1 aliphatic heterocycles. The zero-order valence-corrected chi connectivity index (χ0v) is 7.82. The molecule has 1 amide bonds. The van der Waals surface area contributed by atoms with Gasteiger partial charge in [-0.05, 0) is 12.8 Å². The Morgan fingerprint density at radius 2 is 2.31 bits per heavy atom. The molecule has 0 aromatic carbocycles. The zero-order valence-electron chi connectivity index (χ0n) is 7.82. The van der Waals surface area contributed by atoms with Crippen LogP contribution in [0.4, 0.5) is 0 Å². The number of carboxylic acids is 1. The number of aliphatic carboxylic acids is 1. The SMILES string of the molecule is CN1CCCCC(CC(=O)O)C1=O. The average molecular weight is 185 g/mol. The molecule has 1 atom stereocenters. The van der Waals surface area contributed by atoms with Crippen LogP contribution in [0.15, 0.2) is 0 Å². The summed E-state index contributed by atoms with van der Waals surface area (Å²) in [4.78, 5) is 23.6. The number of hydrogen-bond acceptors (Lipinski definition) is 2. The number of likely N-dealkylation sites (tertiary alicyclic amines) is 1. The van der Waals surface area contributed by atoms with E-state index >= 15 is 0 Å². The fourth-order valence-electron chi connectivity index (χ4n) is 1.69. The van der Waals surface area contributed by atoms with Crippen molar-refractivity contribution in [3.63, 3.8) is 0 Å². The summed E-state index contributed by atoms with van der Waals surface area (Å²) in [5.41, 5.74) is 0. The summed E-state index contributed by atoms with van der Waals surface area (Å²) in [6, 6.07) is 0. The lowest BCUT2D eigenvalue weighted by Gasteiger charge is -2.18. The van der Waals surface area contributed by atoms with E-state index in [0.29, 0.717) is 0 Å². The first-order chi connectivity index (χ1) is 6.11. The minimum Gasteiger partial charge on any atom is -0.481 e. The summed E-state index contributed by atoms with van der Waals surface area (Å²) < 4.78 is 0. The highest BCUT2D eigenvalue weighted by Gasteiger charge is 2.26. The van der Waals surface area contributed by atoms with Crippen molar-refractivity contribution >= 4 is 11.9 Å². The van der Waals surface area contributed by atoms with Crippen molar-refractivity contribution in [2.45, 2.75) is 25.7 Å². The zero-order chi connectivity index (χ0) is 9.84. The van der Waals surface area contributed by atoms with Crippen molar-refractivity contribution in [2.24, 2.45) is 5.92 Å². The molecule has 1 N–H and O–H groups in total. The van der Waals surface area contributed by atoms with Gasteiger partial charge in [0.25, 0.3) is 0 Å². The smallest absolute Gasteiger partial charge is 0.304 e. The summed E-state index contributed by atoms with van der Waals surface area (Å²) in [5, 5.41) is 8.59. The molecule has 1 unspecified atom stereocenters. The topological polar surface area (TPSA) is 57.6 Å². The van der Waals surface area contributed by atoms with Crippen LogP contribution in [0.2, 0.25) is 0 Å². The Bertz CT molecular complexity index is 215. The minimum absolute atomic E-state index is 0.0140. The maximum absolute atomic E-state index is 11.5. The molecule has 4 nitrogen and oxygen atoms in total. The Balaban J connectivity index is 2.59. The molecule has 0 bridgehead atoms. The van der Waals surface area contributed by atoms with Gasteiger partial charge in [-0.3, -0.25) is 9.59 Å². The molecular weight excluding hydrogens is 170 g/mol. The van der Waals surface area contributed by atoms with Gasteiger partial charge < -0.3 is 10.0 Å². The van der Waals surface area contributed by atoms with E-state index in [9.17, 15) is 9.59 Å². The van der Waals surface area contributed by atoms with Gasteiger partial charge in [0.05, 0.1) is 6.42 Å². The van der Waals surface area contributed by atoms with E-state index < -0.39 is 5.97 Å². The van der Waals surface area contributed by atoms with Gasteiger partial charge in [0.1, 0.15) is 0 Å². The molecule has 1 heterocycles. The van der Waals surface area contributed by atoms with E-state index in [1.165, 1.54) is 0 Å². The van der Waals surface area contributed by atoms with Crippen LogP contribution >= 0.6 is 0 Å². The average Bonchev–Trinajstić information content (AvgIpc) is 2.19. The Labute approximate surface area is 77.5 Å². The van der Waals surface area contributed by atoms with Crippen LogP contribution in [0.1, 0.15) is 25.7 Å². The summed E-state index contributed by atoms with van der Waals surface area (Å²) in [5.74, 6) is -1.20. The number of rotatable bonds is 2. The number of hydrogen-bond donors (Lipinski definition) is 1. The minimum atomic E-state index is -0.881. The normalized spacial score (nSPS) is 24.2. The fourth-order valence-corrected chi connectivity index (χ4v) is 1.69. The van der Waals surface area contributed by atoms with Crippen molar-refractivity contribution in [2.75, 3.05) is 13.6 Å². The molecular formula is C9H15NO3. The largest absolute Gasteiger partial charge is 0.481 e. The summed E-state index contributed by atoms with van der Waals surface area (Å²) in [6.45, 7) is 0.759. The maximum Gasteiger partial charge on any atom is 0.304 e. The number of carboxylic acid groups (broad SMARTS) is 1. The molecule has 0 radical (unpaired) electrons. The van der Waals surface area contributed by atoms with Gasteiger partial charge in [-0.15, -0.1) is 0 Å². The summed E-state index contributed by atoms with van der Waals surface area (Å²) >= 11 is 0. The number of nitrogens with zero attached hydrogens (tertiary/aromatic N) is 1. The second-order valence-electron chi connectivity index (χ2n) is 3.55. The van der Waals surface area contributed by atoms with E-state index in [1.807, 2.05) is 0 Å². The van der Waals surface area contributed by atoms with Gasteiger partial charge in [-0.1, -0.05) is 6.42 Å². The first-order valence-electron chi connectivity index (χ1n) is 4.58. The predicted octanol–water partition coefficient (Wildman–Crippen LogP) is 0.720. The highest BCUT2D eigenvalue weighted by atomic mass is 16.4. The van der Waals surface area contributed by atoms with Crippen LogP contribution < -0.4 is 0 Å². The first kappa shape index (κ1) is 10.0. The van der Waals surface area contributed by atoms with Crippen LogP contribution in [-0.4, -0.2) is 35.5 Å². The Hall–Kier alpha value is -1.06. The third kappa shape index (κ3) is 2.72. The van der Waals surface area contributed by atoms with E-state index in [0.717, 1.165) is 25.8 Å². The lowest BCUT2D eigenvalue weighted by Crippen LogP contribution is -2.32. The highest BCUT2D eigenvalue weighted by molar-refractivity contribution is 5.83. The van der Waals surface area contributed by atoms with Crippen LogP contribution in [-0.2, 0) is 9.59 Å². The summed E-state index contributed by atoms with van der Waals surface area (Å²) in [7, 11) is 1.74. The molecule has 1 aliphatic rings. The highest BCUT2D eigenvalue weighted by Crippen LogP contribution is 2.19. The Morgan fingerprint density at radius 1 is 1.62 bits per heavy atom. The van der Waals surface area contributed by atoms with Crippen LogP contribution in [0.3, 0.4) is 0 Å². The summed E-state index contributed by atoms with van der Waals surface area (Å²) in [6.07, 6.45) is 2.63. The van der Waals surface area contributed by atoms with E-state index in [1.54, 1.807) is 11.9 Å². The molecule has 0 aromatic rings. The van der Waals surface area contributed by atoms with Gasteiger partial charge >= 0.3 is 5.97 Å². The monoisotopic (exact) mass is 185 g/mol. The maximum atomic E-state index is 11.5. The Morgan fingerprint density at radius 3 is 2.92 bits per heavy atom. The van der Waals surface area contributed by atoms with Crippen molar-refractivity contribution in [1.82, 2.24) is 4.90 Å². The lowest BCUT2D eigenvalue weighted by molar-refractivity contribution is -0.143. The third-order valence-corrected chi connectivity index (χ3v) is 2.44. The molecule has 1 saturated heterocycles. The van der Waals surface area contributed by atoms with Gasteiger partial charge in [0.15, 0.2) is 0 Å². The van der Waals surface area contributed by atoms with Crippen LogP contribution in [0.25, 0.3) is 0 Å². The molecule has 4 heteroatoms. The Kier molecular flexibility index (Phi) is 3.28. The van der Waals surface area contributed by atoms with Crippen molar-refractivity contribution < 1.29 is 14.7 Å². The fraction of sp³-hybridized carbons (Fsp3) is 0.778. The van der Waals surface area contributed by atoms with Gasteiger partial charge in [-0.2, -0.15) is 0 Å². The number of carbonyl (C=O) groups is 2. The second kappa shape index (κ2) is 4.25. The molecule has 13 heavy (non-hydrogen) atoms. The van der Waals surface area contributed by atoms with Crippen molar-refractivity contribution in [3.05, 3.63) is 0 Å². The molecule has 1 fully saturated rings. The van der Waals surface area contributed by atoms with Crippen LogP contribution in [0, 0.1) is 5.92 Å². The molecule has 0 aromatic heterocycles. The molecule has 1 rings (SSSR count).